The number of aliphatic hydroxyl groups is 1. The van der Waals surface area contributed by atoms with E-state index in [-0.39, 0.29) is 5.92 Å². The van der Waals surface area contributed by atoms with Crippen LogP contribution in [0.3, 0.4) is 0 Å². The van der Waals surface area contributed by atoms with E-state index in [1.54, 1.807) is 11.3 Å². The Morgan fingerprint density at radius 2 is 2.08 bits per heavy atom. The summed E-state index contributed by atoms with van der Waals surface area (Å²) in [6.07, 6.45) is 0.782. The average molecular weight is 198 g/mol. The van der Waals surface area contributed by atoms with E-state index in [1.807, 2.05) is 13.0 Å². The standard InChI is InChI=1S/C11H18OS/c1-5-11(12,8(2)3)10-7-6-9(4)13-10/h6-8,12H,5H2,1-4H3. The molecule has 0 aromatic carbocycles. The summed E-state index contributed by atoms with van der Waals surface area (Å²) in [4.78, 5) is 2.37. The van der Waals surface area contributed by atoms with Crippen molar-refractivity contribution in [3.63, 3.8) is 0 Å². The van der Waals surface area contributed by atoms with Crippen molar-refractivity contribution in [3.8, 4) is 0 Å². The Morgan fingerprint density at radius 1 is 1.46 bits per heavy atom. The van der Waals surface area contributed by atoms with Gasteiger partial charge in [0.25, 0.3) is 0 Å². The largest absolute Gasteiger partial charge is 0.384 e. The van der Waals surface area contributed by atoms with Crippen LogP contribution in [0.4, 0.5) is 0 Å². The molecule has 74 valence electrons. The van der Waals surface area contributed by atoms with Crippen LogP contribution in [-0.4, -0.2) is 5.11 Å². The molecule has 0 aliphatic carbocycles. The second-order valence-corrected chi connectivity index (χ2v) is 5.13. The Hall–Kier alpha value is -0.340. The van der Waals surface area contributed by atoms with Gasteiger partial charge in [0.05, 0.1) is 0 Å². The zero-order chi connectivity index (χ0) is 10.1. The number of rotatable bonds is 3. The molecule has 0 aliphatic heterocycles. The highest BCUT2D eigenvalue weighted by Gasteiger charge is 2.32. The highest BCUT2D eigenvalue weighted by atomic mass is 32.1. The predicted octanol–water partition coefficient (Wildman–Crippen LogP) is 3.31. The van der Waals surface area contributed by atoms with E-state index in [2.05, 4.69) is 26.8 Å². The molecule has 1 unspecified atom stereocenters. The maximum atomic E-state index is 10.4. The quantitative estimate of drug-likeness (QED) is 0.790. The van der Waals surface area contributed by atoms with Gasteiger partial charge in [-0.05, 0) is 31.4 Å². The fourth-order valence-electron chi connectivity index (χ4n) is 1.53. The van der Waals surface area contributed by atoms with E-state index < -0.39 is 5.60 Å². The van der Waals surface area contributed by atoms with Crippen molar-refractivity contribution in [3.05, 3.63) is 21.9 Å². The Balaban J connectivity index is 3.02. The molecule has 1 N–H and O–H groups in total. The molecule has 1 nitrogen and oxygen atoms in total. The van der Waals surface area contributed by atoms with Crippen LogP contribution in [0.2, 0.25) is 0 Å². The summed E-state index contributed by atoms with van der Waals surface area (Å²) in [5.41, 5.74) is -0.626. The van der Waals surface area contributed by atoms with Gasteiger partial charge in [-0.1, -0.05) is 20.8 Å². The first-order chi connectivity index (χ1) is 6.00. The molecule has 0 radical (unpaired) electrons. The van der Waals surface area contributed by atoms with Gasteiger partial charge in [-0.3, -0.25) is 0 Å². The van der Waals surface area contributed by atoms with Crippen molar-refractivity contribution in [2.75, 3.05) is 0 Å². The van der Waals surface area contributed by atoms with Gasteiger partial charge in [0.1, 0.15) is 5.60 Å². The summed E-state index contributed by atoms with van der Waals surface area (Å²) in [6.45, 7) is 8.25. The highest BCUT2D eigenvalue weighted by Crippen LogP contribution is 2.36. The van der Waals surface area contributed by atoms with Gasteiger partial charge in [-0.25, -0.2) is 0 Å². The summed E-state index contributed by atoms with van der Waals surface area (Å²) in [5, 5.41) is 10.4. The molecule has 0 saturated carbocycles. The molecule has 13 heavy (non-hydrogen) atoms. The number of hydrogen-bond donors (Lipinski definition) is 1. The fraction of sp³-hybridized carbons (Fsp3) is 0.636. The minimum atomic E-state index is -0.626. The van der Waals surface area contributed by atoms with Crippen molar-refractivity contribution in [1.82, 2.24) is 0 Å². The van der Waals surface area contributed by atoms with Crippen LogP contribution in [0.15, 0.2) is 12.1 Å². The summed E-state index contributed by atoms with van der Waals surface area (Å²) in [6, 6.07) is 4.12. The molecular weight excluding hydrogens is 180 g/mol. The smallest absolute Gasteiger partial charge is 0.101 e. The minimum Gasteiger partial charge on any atom is -0.384 e. The van der Waals surface area contributed by atoms with Crippen LogP contribution < -0.4 is 0 Å². The van der Waals surface area contributed by atoms with Gasteiger partial charge in [0, 0.05) is 9.75 Å². The molecule has 0 amide bonds. The zero-order valence-corrected chi connectivity index (χ0v) is 9.61. The highest BCUT2D eigenvalue weighted by molar-refractivity contribution is 7.12. The third-order valence-electron chi connectivity index (χ3n) is 2.66. The first kappa shape index (κ1) is 10.7. The molecular formula is C11H18OS. The van der Waals surface area contributed by atoms with E-state index in [4.69, 9.17) is 0 Å². The Morgan fingerprint density at radius 3 is 2.38 bits per heavy atom. The maximum absolute atomic E-state index is 10.4. The van der Waals surface area contributed by atoms with Gasteiger partial charge < -0.3 is 5.11 Å². The Bertz CT molecular complexity index is 277. The third kappa shape index (κ3) is 1.94. The van der Waals surface area contributed by atoms with E-state index >= 15 is 0 Å². The molecule has 0 saturated heterocycles. The van der Waals surface area contributed by atoms with E-state index in [1.165, 1.54) is 4.88 Å². The number of hydrogen-bond acceptors (Lipinski definition) is 2. The monoisotopic (exact) mass is 198 g/mol. The Labute approximate surface area is 84.4 Å². The molecule has 2 heteroatoms. The molecule has 0 fully saturated rings. The van der Waals surface area contributed by atoms with Crippen LogP contribution in [0.1, 0.15) is 36.9 Å². The number of thiophene rings is 1. The molecule has 0 bridgehead atoms. The second-order valence-electron chi connectivity index (χ2n) is 3.84. The van der Waals surface area contributed by atoms with Crippen LogP contribution in [0, 0.1) is 12.8 Å². The van der Waals surface area contributed by atoms with Crippen LogP contribution in [-0.2, 0) is 5.60 Å². The van der Waals surface area contributed by atoms with Gasteiger partial charge in [-0.2, -0.15) is 0 Å². The predicted molar refractivity (Wildman–Crippen MR) is 58.1 cm³/mol. The lowest BCUT2D eigenvalue weighted by Gasteiger charge is -2.29. The molecule has 0 spiro atoms. The first-order valence-electron chi connectivity index (χ1n) is 4.80. The molecule has 1 heterocycles. The van der Waals surface area contributed by atoms with Crippen LogP contribution in [0.25, 0.3) is 0 Å². The lowest BCUT2D eigenvalue weighted by molar-refractivity contribution is -0.0105. The Kier molecular flexibility index (Phi) is 3.14. The summed E-state index contributed by atoms with van der Waals surface area (Å²) in [7, 11) is 0. The van der Waals surface area contributed by atoms with E-state index in [0.717, 1.165) is 11.3 Å². The van der Waals surface area contributed by atoms with Gasteiger partial charge in [-0.15, -0.1) is 11.3 Å². The summed E-state index contributed by atoms with van der Waals surface area (Å²) < 4.78 is 0. The molecule has 1 aromatic rings. The van der Waals surface area contributed by atoms with Gasteiger partial charge >= 0.3 is 0 Å². The topological polar surface area (TPSA) is 20.2 Å². The molecule has 1 atom stereocenters. The fourth-order valence-corrected chi connectivity index (χ4v) is 2.71. The van der Waals surface area contributed by atoms with Crippen LogP contribution in [0.5, 0.6) is 0 Å². The van der Waals surface area contributed by atoms with Crippen molar-refractivity contribution in [1.29, 1.82) is 0 Å². The molecule has 1 aromatic heterocycles. The molecule has 1 rings (SSSR count). The van der Waals surface area contributed by atoms with Gasteiger partial charge in [0.2, 0.25) is 0 Å². The summed E-state index contributed by atoms with van der Waals surface area (Å²) >= 11 is 1.70. The van der Waals surface area contributed by atoms with E-state index in [0.29, 0.717) is 0 Å². The van der Waals surface area contributed by atoms with Crippen molar-refractivity contribution >= 4 is 11.3 Å². The normalized spacial score (nSPS) is 16.2. The van der Waals surface area contributed by atoms with Crippen LogP contribution >= 0.6 is 11.3 Å². The van der Waals surface area contributed by atoms with Crippen molar-refractivity contribution in [2.24, 2.45) is 5.92 Å². The second kappa shape index (κ2) is 3.81. The zero-order valence-electron chi connectivity index (χ0n) is 8.79. The maximum Gasteiger partial charge on any atom is 0.101 e. The van der Waals surface area contributed by atoms with Crippen molar-refractivity contribution in [2.45, 2.75) is 39.7 Å². The minimum absolute atomic E-state index is 0.274. The third-order valence-corrected chi connectivity index (χ3v) is 3.83. The average Bonchev–Trinajstić information content (AvgIpc) is 2.50. The first-order valence-corrected chi connectivity index (χ1v) is 5.61. The van der Waals surface area contributed by atoms with Crippen molar-refractivity contribution < 1.29 is 5.11 Å². The summed E-state index contributed by atoms with van der Waals surface area (Å²) in [5.74, 6) is 0.274. The lowest BCUT2D eigenvalue weighted by Crippen LogP contribution is -2.29. The SMILES string of the molecule is CCC(O)(c1ccc(C)s1)C(C)C. The lowest BCUT2D eigenvalue weighted by atomic mass is 9.86. The number of aryl methyl sites for hydroxylation is 1. The van der Waals surface area contributed by atoms with E-state index in [9.17, 15) is 5.11 Å². The van der Waals surface area contributed by atoms with Gasteiger partial charge in [0.15, 0.2) is 0 Å². The molecule has 0 aliphatic rings.